The number of carbonyl (C=O) groups is 4. The van der Waals surface area contributed by atoms with Crippen LogP contribution >= 0.6 is 0 Å². The Morgan fingerprint density at radius 1 is 1.09 bits per heavy atom. The maximum absolute atomic E-state index is 12.9. The highest BCUT2D eigenvalue weighted by Gasteiger charge is 2.43. The molecule has 0 spiro atoms. The molecule has 176 valence electrons. The fourth-order valence-corrected chi connectivity index (χ4v) is 4.08. The largest absolute Gasteiger partial charge is 0.361 e. The number of aromatic nitrogens is 3. The number of nitrogens with one attached hydrogen (secondary N) is 1. The van der Waals surface area contributed by atoms with Gasteiger partial charge in [-0.15, -0.1) is 0 Å². The van der Waals surface area contributed by atoms with Gasteiger partial charge in [0.05, 0.1) is 6.54 Å². The van der Waals surface area contributed by atoms with Crippen molar-refractivity contribution in [3.63, 3.8) is 0 Å². The third kappa shape index (κ3) is 4.31. The molecular formula is C24H20N6O5. The number of likely N-dealkylation sites (N-methyl/N-ethyl adjacent to an activating group) is 1. The number of pyridine rings is 1. The number of nitrogens with zero attached hydrogens (tertiary/aromatic N) is 5. The molecule has 1 N–H and O–H groups in total. The van der Waals surface area contributed by atoms with Gasteiger partial charge in [-0.05, 0) is 35.7 Å². The normalized spacial score (nSPS) is 18.0. The number of rotatable bonds is 6. The van der Waals surface area contributed by atoms with Crippen molar-refractivity contribution in [1.82, 2.24) is 30.2 Å². The third-order valence-electron chi connectivity index (χ3n) is 5.84. The lowest BCUT2D eigenvalue weighted by Crippen LogP contribution is -2.54. The summed E-state index contributed by atoms with van der Waals surface area (Å²) in [6.45, 7) is 0.0745. The van der Waals surface area contributed by atoms with Crippen molar-refractivity contribution in [2.24, 2.45) is 0 Å². The van der Waals surface area contributed by atoms with Gasteiger partial charge in [-0.25, -0.2) is 0 Å². The predicted molar refractivity (Wildman–Crippen MR) is 121 cm³/mol. The highest BCUT2D eigenvalue weighted by Crippen LogP contribution is 2.26. The molecule has 11 nitrogen and oxygen atoms in total. The molecule has 1 fully saturated rings. The molecule has 3 aromatic rings. The van der Waals surface area contributed by atoms with Crippen LogP contribution in [0.2, 0.25) is 0 Å². The molecule has 35 heavy (non-hydrogen) atoms. The van der Waals surface area contributed by atoms with E-state index in [1.165, 1.54) is 11.0 Å². The van der Waals surface area contributed by atoms with Gasteiger partial charge in [-0.2, -0.15) is 4.98 Å². The molecule has 5 rings (SSSR count). The second-order valence-corrected chi connectivity index (χ2v) is 8.19. The summed E-state index contributed by atoms with van der Waals surface area (Å²) in [5.41, 5.74) is 2.83. The monoisotopic (exact) mass is 472 g/mol. The van der Waals surface area contributed by atoms with Crippen LogP contribution in [0.1, 0.15) is 18.7 Å². The van der Waals surface area contributed by atoms with Crippen LogP contribution < -0.4 is 5.32 Å². The lowest BCUT2D eigenvalue weighted by atomic mass is 10.0. The number of hydrogen-bond acceptors (Lipinski definition) is 9. The molecule has 0 radical (unpaired) electrons. The number of imide groups is 2. The predicted octanol–water partition coefficient (Wildman–Crippen LogP) is 1.29. The SMILES string of the molecule is CN(Cc1nc(-c2cccc(-c3ccncc3)c2)no1)C1=CC(=O)N(C2CCC(=O)NC2=O)C1=O. The zero-order valence-corrected chi connectivity index (χ0v) is 18.7. The van der Waals surface area contributed by atoms with Gasteiger partial charge in [0.15, 0.2) is 0 Å². The van der Waals surface area contributed by atoms with Crippen LogP contribution in [0.5, 0.6) is 0 Å². The van der Waals surface area contributed by atoms with Gasteiger partial charge in [0.1, 0.15) is 11.7 Å². The summed E-state index contributed by atoms with van der Waals surface area (Å²) in [6.07, 6.45) is 4.76. The Balaban J connectivity index is 1.29. The Hall–Kier alpha value is -4.67. The topological polar surface area (TPSA) is 139 Å². The first kappa shape index (κ1) is 22.1. The van der Waals surface area contributed by atoms with Crippen LogP contribution in [0.3, 0.4) is 0 Å². The Kier molecular flexibility index (Phi) is 5.65. The number of piperidine rings is 1. The molecule has 2 aliphatic rings. The van der Waals surface area contributed by atoms with Crippen molar-refractivity contribution in [2.75, 3.05) is 7.05 Å². The van der Waals surface area contributed by atoms with Crippen LogP contribution in [-0.4, -0.2) is 61.6 Å². The van der Waals surface area contributed by atoms with Gasteiger partial charge >= 0.3 is 0 Å². The minimum Gasteiger partial charge on any atom is -0.361 e. The summed E-state index contributed by atoms with van der Waals surface area (Å²) < 4.78 is 5.38. The first-order valence-corrected chi connectivity index (χ1v) is 10.9. The summed E-state index contributed by atoms with van der Waals surface area (Å²) in [5, 5.41) is 6.22. The van der Waals surface area contributed by atoms with Crippen molar-refractivity contribution in [3.05, 3.63) is 66.5 Å². The van der Waals surface area contributed by atoms with E-state index in [9.17, 15) is 19.2 Å². The van der Waals surface area contributed by atoms with E-state index in [2.05, 4.69) is 20.4 Å². The lowest BCUT2D eigenvalue weighted by molar-refractivity contribution is -0.150. The molecule has 0 aliphatic carbocycles. The number of amides is 4. The zero-order chi connectivity index (χ0) is 24.5. The van der Waals surface area contributed by atoms with Crippen LogP contribution in [0.25, 0.3) is 22.5 Å². The summed E-state index contributed by atoms with van der Waals surface area (Å²) in [7, 11) is 1.61. The molecule has 1 atom stereocenters. The maximum atomic E-state index is 12.9. The summed E-state index contributed by atoms with van der Waals surface area (Å²) >= 11 is 0. The summed E-state index contributed by atoms with van der Waals surface area (Å²) in [4.78, 5) is 59.8. The van der Waals surface area contributed by atoms with Crippen LogP contribution in [0.15, 0.2) is 65.1 Å². The maximum Gasteiger partial charge on any atom is 0.277 e. The van der Waals surface area contributed by atoms with Gasteiger partial charge in [0, 0.05) is 37.5 Å². The van der Waals surface area contributed by atoms with Crippen molar-refractivity contribution in [1.29, 1.82) is 0 Å². The Labute approximate surface area is 199 Å². The van der Waals surface area contributed by atoms with E-state index in [0.29, 0.717) is 5.82 Å². The average molecular weight is 472 g/mol. The average Bonchev–Trinajstić information content (AvgIpc) is 3.44. The zero-order valence-electron chi connectivity index (χ0n) is 18.7. The highest BCUT2D eigenvalue weighted by atomic mass is 16.5. The van der Waals surface area contributed by atoms with Gasteiger partial charge in [0.25, 0.3) is 11.8 Å². The van der Waals surface area contributed by atoms with Gasteiger partial charge in [0.2, 0.25) is 23.5 Å². The van der Waals surface area contributed by atoms with Gasteiger partial charge < -0.3 is 9.42 Å². The molecule has 2 aromatic heterocycles. The molecule has 1 aromatic carbocycles. The molecule has 4 amide bonds. The fraction of sp³-hybridized carbons (Fsp3) is 0.208. The molecule has 4 heterocycles. The highest BCUT2D eigenvalue weighted by molar-refractivity contribution is 6.18. The number of hydrogen-bond donors (Lipinski definition) is 1. The molecule has 0 bridgehead atoms. The minimum atomic E-state index is -1.02. The molecule has 1 unspecified atom stereocenters. The molecule has 0 saturated carbocycles. The molecule has 2 aliphatic heterocycles. The van der Waals surface area contributed by atoms with Gasteiger partial charge in [-0.3, -0.25) is 34.4 Å². The van der Waals surface area contributed by atoms with Crippen molar-refractivity contribution >= 4 is 23.6 Å². The summed E-state index contributed by atoms with van der Waals surface area (Å²) in [6, 6.07) is 10.5. The first-order valence-electron chi connectivity index (χ1n) is 10.9. The minimum absolute atomic E-state index is 0.0613. The Bertz CT molecular complexity index is 1370. The smallest absolute Gasteiger partial charge is 0.277 e. The molecule has 1 saturated heterocycles. The van der Waals surface area contributed by atoms with E-state index >= 15 is 0 Å². The molecule has 11 heteroatoms. The van der Waals surface area contributed by atoms with E-state index < -0.39 is 29.7 Å². The first-order chi connectivity index (χ1) is 16.9. The lowest BCUT2D eigenvalue weighted by Gasteiger charge is -2.29. The second kappa shape index (κ2) is 8.93. The third-order valence-corrected chi connectivity index (χ3v) is 5.84. The number of carbonyl (C=O) groups excluding carboxylic acids is 4. The standard InChI is InChI=1S/C24H20N6O5/c1-29(18-12-21(32)30(24(18)34)17-5-6-19(31)26-23(17)33)13-20-27-22(28-35-20)16-4-2-3-15(11-16)14-7-9-25-10-8-14/h2-4,7-12,17H,5-6,13H2,1H3,(H,26,31,33). The Morgan fingerprint density at radius 3 is 2.63 bits per heavy atom. The molecular weight excluding hydrogens is 452 g/mol. The van der Waals surface area contributed by atoms with E-state index in [4.69, 9.17) is 4.52 Å². The van der Waals surface area contributed by atoms with E-state index in [1.807, 2.05) is 36.4 Å². The number of benzene rings is 1. The van der Waals surface area contributed by atoms with E-state index in [-0.39, 0.29) is 31.0 Å². The van der Waals surface area contributed by atoms with Crippen LogP contribution in [-0.2, 0) is 25.7 Å². The Morgan fingerprint density at radius 2 is 1.86 bits per heavy atom. The van der Waals surface area contributed by atoms with E-state index in [0.717, 1.165) is 21.6 Å². The summed E-state index contributed by atoms with van der Waals surface area (Å²) in [5.74, 6) is -1.66. The van der Waals surface area contributed by atoms with Crippen molar-refractivity contribution in [3.8, 4) is 22.5 Å². The van der Waals surface area contributed by atoms with Crippen molar-refractivity contribution in [2.45, 2.75) is 25.4 Å². The van der Waals surface area contributed by atoms with Crippen LogP contribution in [0, 0.1) is 0 Å². The van der Waals surface area contributed by atoms with Crippen LogP contribution in [0.4, 0.5) is 0 Å². The van der Waals surface area contributed by atoms with E-state index in [1.54, 1.807) is 19.4 Å². The second-order valence-electron chi connectivity index (χ2n) is 8.19. The van der Waals surface area contributed by atoms with Crippen molar-refractivity contribution < 1.29 is 23.7 Å². The quantitative estimate of drug-likeness (QED) is 0.526. The van der Waals surface area contributed by atoms with Gasteiger partial charge in [-0.1, -0.05) is 23.4 Å². The fourth-order valence-electron chi connectivity index (χ4n) is 4.08.